The van der Waals surface area contributed by atoms with Crippen LogP contribution in [-0.2, 0) is 9.53 Å². The molecule has 0 saturated heterocycles. The van der Waals surface area contributed by atoms with Gasteiger partial charge in [0, 0.05) is 0 Å². The summed E-state index contributed by atoms with van der Waals surface area (Å²) in [6.07, 6.45) is 8.56. The van der Waals surface area contributed by atoms with E-state index in [1.54, 1.807) is 0 Å². The highest BCUT2D eigenvalue weighted by molar-refractivity contribution is 5.88. The van der Waals surface area contributed by atoms with Crippen molar-refractivity contribution >= 4 is 5.97 Å². The van der Waals surface area contributed by atoms with Gasteiger partial charge in [-0.05, 0) is 12.3 Å². The molecule has 1 unspecified atom stereocenters. The minimum absolute atomic E-state index is 0.129. The normalized spacial score (nSPS) is 27.4. The number of rotatable bonds is 3. The van der Waals surface area contributed by atoms with Crippen LogP contribution in [0.5, 0.6) is 0 Å². The maximum Gasteiger partial charge on any atom is 0.338 e. The molecule has 1 saturated carbocycles. The van der Waals surface area contributed by atoms with Crippen LogP contribution in [0.3, 0.4) is 0 Å². The van der Waals surface area contributed by atoms with E-state index in [0.29, 0.717) is 11.5 Å². The van der Waals surface area contributed by atoms with Gasteiger partial charge in [0.25, 0.3) is 0 Å². The number of ether oxygens (including phenoxy) is 1. The Hall–Kier alpha value is -0.990. The molecular formula is C11H16O3. The van der Waals surface area contributed by atoms with Gasteiger partial charge in [-0.2, -0.15) is 0 Å². The van der Waals surface area contributed by atoms with Gasteiger partial charge in [-0.15, -0.1) is 0 Å². The van der Waals surface area contributed by atoms with Crippen LogP contribution in [0.15, 0.2) is 11.8 Å². The van der Waals surface area contributed by atoms with Crippen molar-refractivity contribution in [2.24, 2.45) is 5.92 Å². The lowest BCUT2D eigenvalue weighted by molar-refractivity contribution is -0.135. The van der Waals surface area contributed by atoms with Crippen LogP contribution in [-0.4, -0.2) is 17.2 Å². The zero-order chi connectivity index (χ0) is 9.97. The standard InChI is InChI=1S/C11H16O3/c12-11(13)9-7-14-10(9)6-8-4-2-1-3-5-8/h7-8,10H,1-6H2,(H,12,13). The van der Waals surface area contributed by atoms with E-state index in [1.165, 1.54) is 38.4 Å². The third kappa shape index (κ3) is 1.91. The van der Waals surface area contributed by atoms with Gasteiger partial charge < -0.3 is 9.84 Å². The topological polar surface area (TPSA) is 46.5 Å². The van der Waals surface area contributed by atoms with E-state index < -0.39 is 5.97 Å². The second-order valence-electron chi connectivity index (χ2n) is 4.24. The third-order valence-electron chi connectivity index (χ3n) is 3.23. The van der Waals surface area contributed by atoms with Crippen LogP contribution in [0, 0.1) is 5.92 Å². The first-order chi connectivity index (χ1) is 6.77. The van der Waals surface area contributed by atoms with E-state index in [2.05, 4.69) is 0 Å². The van der Waals surface area contributed by atoms with Gasteiger partial charge in [-0.1, -0.05) is 32.1 Å². The summed E-state index contributed by atoms with van der Waals surface area (Å²) in [4.78, 5) is 10.7. The predicted molar refractivity (Wildman–Crippen MR) is 51.8 cm³/mol. The monoisotopic (exact) mass is 196 g/mol. The van der Waals surface area contributed by atoms with Crippen LogP contribution in [0.1, 0.15) is 38.5 Å². The summed E-state index contributed by atoms with van der Waals surface area (Å²) in [7, 11) is 0. The van der Waals surface area contributed by atoms with E-state index in [-0.39, 0.29) is 6.10 Å². The Kier molecular flexibility index (Phi) is 2.75. The Bertz CT molecular complexity index is 251. The Morgan fingerprint density at radius 1 is 1.43 bits per heavy atom. The number of carboxylic acids is 1. The first-order valence-corrected chi connectivity index (χ1v) is 5.36. The first kappa shape index (κ1) is 9.56. The molecule has 3 nitrogen and oxygen atoms in total. The number of carbonyl (C=O) groups is 1. The summed E-state index contributed by atoms with van der Waals surface area (Å²) in [5, 5.41) is 8.78. The van der Waals surface area contributed by atoms with Crippen molar-refractivity contribution in [3.63, 3.8) is 0 Å². The van der Waals surface area contributed by atoms with Crippen molar-refractivity contribution in [3.05, 3.63) is 11.8 Å². The molecule has 0 spiro atoms. The molecule has 78 valence electrons. The lowest BCUT2D eigenvalue weighted by Crippen LogP contribution is -2.30. The van der Waals surface area contributed by atoms with Crippen molar-refractivity contribution < 1.29 is 14.6 Å². The predicted octanol–water partition coefficient (Wildman–Crippen LogP) is 2.32. The summed E-state index contributed by atoms with van der Waals surface area (Å²) in [6.45, 7) is 0. The highest BCUT2D eigenvalue weighted by atomic mass is 16.5. The van der Waals surface area contributed by atoms with Gasteiger partial charge in [0.2, 0.25) is 0 Å². The minimum Gasteiger partial charge on any atom is -0.492 e. The summed E-state index contributed by atoms with van der Waals surface area (Å²) in [5.41, 5.74) is 0.454. The van der Waals surface area contributed by atoms with Gasteiger partial charge in [0.15, 0.2) is 0 Å². The molecule has 1 heterocycles. The smallest absolute Gasteiger partial charge is 0.338 e. The maximum atomic E-state index is 10.7. The van der Waals surface area contributed by atoms with Crippen molar-refractivity contribution in [2.75, 3.05) is 0 Å². The maximum absolute atomic E-state index is 10.7. The molecule has 1 fully saturated rings. The Morgan fingerprint density at radius 3 is 2.64 bits per heavy atom. The van der Waals surface area contributed by atoms with E-state index in [1.807, 2.05) is 0 Å². The second kappa shape index (κ2) is 4.03. The zero-order valence-corrected chi connectivity index (χ0v) is 8.24. The summed E-state index contributed by atoms with van der Waals surface area (Å²) in [5.74, 6) is -0.145. The largest absolute Gasteiger partial charge is 0.492 e. The Morgan fingerprint density at radius 2 is 2.14 bits per heavy atom. The fourth-order valence-electron chi connectivity index (χ4n) is 2.33. The first-order valence-electron chi connectivity index (χ1n) is 5.36. The summed E-state index contributed by atoms with van der Waals surface area (Å²) >= 11 is 0. The molecule has 3 heteroatoms. The number of aliphatic carboxylic acids is 1. The number of hydrogen-bond acceptors (Lipinski definition) is 2. The molecule has 0 aromatic heterocycles. The molecule has 14 heavy (non-hydrogen) atoms. The molecule has 0 radical (unpaired) electrons. The summed E-state index contributed by atoms with van der Waals surface area (Å²) in [6, 6.07) is 0. The van der Waals surface area contributed by atoms with Crippen molar-refractivity contribution in [2.45, 2.75) is 44.6 Å². The van der Waals surface area contributed by atoms with Gasteiger partial charge in [-0.25, -0.2) is 4.79 Å². The zero-order valence-electron chi connectivity index (χ0n) is 8.24. The molecule has 0 bridgehead atoms. The van der Waals surface area contributed by atoms with Gasteiger partial charge in [-0.3, -0.25) is 0 Å². The molecule has 0 aromatic carbocycles. The van der Waals surface area contributed by atoms with E-state index in [9.17, 15) is 4.79 Å². The van der Waals surface area contributed by atoms with Gasteiger partial charge >= 0.3 is 5.97 Å². The molecule has 1 N–H and O–H groups in total. The highest BCUT2D eigenvalue weighted by Crippen LogP contribution is 2.32. The number of carboxylic acid groups (broad SMARTS) is 1. The average molecular weight is 196 g/mol. The average Bonchev–Trinajstić information content (AvgIpc) is 2.13. The molecule has 1 atom stereocenters. The lowest BCUT2D eigenvalue weighted by Gasteiger charge is -2.30. The fraction of sp³-hybridized carbons (Fsp3) is 0.727. The van der Waals surface area contributed by atoms with Crippen LogP contribution in [0.2, 0.25) is 0 Å². The lowest BCUT2D eigenvalue weighted by atomic mass is 9.83. The van der Waals surface area contributed by atoms with Gasteiger partial charge in [0.05, 0.1) is 6.26 Å². The fourth-order valence-corrected chi connectivity index (χ4v) is 2.33. The van der Waals surface area contributed by atoms with E-state index >= 15 is 0 Å². The molecule has 2 aliphatic rings. The molecule has 0 amide bonds. The van der Waals surface area contributed by atoms with E-state index in [0.717, 1.165) is 6.42 Å². The van der Waals surface area contributed by atoms with Crippen LogP contribution >= 0.6 is 0 Å². The highest BCUT2D eigenvalue weighted by Gasteiger charge is 2.31. The molecule has 1 aliphatic carbocycles. The van der Waals surface area contributed by atoms with Crippen LogP contribution < -0.4 is 0 Å². The van der Waals surface area contributed by atoms with Gasteiger partial charge in [0.1, 0.15) is 11.7 Å². The SMILES string of the molecule is O=C(O)C1=COC1CC1CCCCC1. The molecule has 1 aliphatic heterocycles. The van der Waals surface area contributed by atoms with Crippen molar-refractivity contribution in [1.29, 1.82) is 0 Å². The molecule has 0 aromatic rings. The van der Waals surface area contributed by atoms with Crippen LogP contribution in [0.25, 0.3) is 0 Å². The molecule has 2 rings (SSSR count). The number of hydrogen-bond donors (Lipinski definition) is 1. The van der Waals surface area contributed by atoms with Crippen molar-refractivity contribution in [3.8, 4) is 0 Å². The van der Waals surface area contributed by atoms with Crippen LogP contribution in [0.4, 0.5) is 0 Å². The minimum atomic E-state index is -0.822. The van der Waals surface area contributed by atoms with E-state index in [4.69, 9.17) is 9.84 Å². The Balaban J connectivity index is 1.81. The van der Waals surface area contributed by atoms with Crippen molar-refractivity contribution in [1.82, 2.24) is 0 Å². The quantitative estimate of drug-likeness (QED) is 0.753. The molecular weight excluding hydrogens is 180 g/mol. The summed E-state index contributed by atoms with van der Waals surface area (Å²) < 4.78 is 5.16. The Labute approximate surface area is 83.8 Å². The second-order valence-corrected chi connectivity index (χ2v) is 4.24. The third-order valence-corrected chi connectivity index (χ3v) is 3.23.